The Morgan fingerprint density at radius 2 is 2.25 bits per heavy atom. The molecular formula is C10H16N4O2. The molecular weight excluding hydrogens is 208 g/mol. The van der Waals surface area contributed by atoms with Gasteiger partial charge in [-0.25, -0.2) is 9.97 Å². The summed E-state index contributed by atoms with van der Waals surface area (Å²) in [5, 5.41) is 5.58. The topological polar surface area (TPSA) is 76.1 Å². The molecule has 6 nitrogen and oxygen atoms in total. The minimum atomic E-state index is -0.250. The largest absolute Gasteiger partial charge is 0.383 e. The second-order valence-electron chi connectivity index (χ2n) is 3.37. The number of carbonyl (C=O) groups is 1. The van der Waals surface area contributed by atoms with Crippen molar-refractivity contribution in [2.75, 3.05) is 26.1 Å². The summed E-state index contributed by atoms with van der Waals surface area (Å²) in [5.41, 5.74) is 0.293. The molecule has 16 heavy (non-hydrogen) atoms. The fourth-order valence-corrected chi connectivity index (χ4v) is 1.16. The number of rotatable bonds is 5. The van der Waals surface area contributed by atoms with E-state index in [-0.39, 0.29) is 11.9 Å². The Hall–Kier alpha value is -1.69. The van der Waals surface area contributed by atoms with Crippen LogP contribution in [-0.4, -0.2) is 42.7 Å². The maximum atomic E-state index is 11.6. The maximum absolute atomic E-state index is 11.6. The van der Waals surface area contributed by atoms with Crippen molar-refractivity contribution in [2.24, 2.45) is 0 Å². The maximum Gasteiger partial charge on any atom is 0.271 e. The molecule has 0 aliphatic carbocycles. The van der Waals surface area contributed by atoms with Crippen LogP contribution in [0.3, 0.4) is 0 Å². The van der Waals surface area contributed by atoms with E-state index in [9.17, 15) is 4.79 Å². The first-order chi connectivity index (χ1) is 7.67. The van der Waals surface area contributed by atoms with Crippen LogP contribution < -0.4 is 10.6 Å². The second kappa shape index (κ2) is 6.02. The predicted molar refractivity (Wildman–Crippen MR) is 60.4 cm³/mol. The Balaban J connectivity index is 2.59. The molecule has 2 N–H and O–H groups in total. The lowest BCUT2D eigenvalue weighted by molar-refractivity contribution is 0.0900. The lowest BCUT2D eigenvalue weighted by Crippen LogP contribution is -2.36. The zero-order chi connectivity index (χ0) is 12.0. The van der Waals surface area contributed by atoms with Gasteiger partial charge in [0, 0.05) is 20.2 Å². The van der Waals surface area contributed by atoms with Crippen LogP contribution in [0.1, 0.15) is 17.4 Å². The van der Waals surface area contributed by atoms with Crippen molar-refractivity contribution in [3.05, 3.63) is 18.1 Å². The number of hydrogen-bond acceptors (Lipinski definition) is 5. The van der Waals surface area contributed by atoms with Gasteiger partial charge in [0.2, 0.25) is 0 Å². The highest BCUT2D eigenvalue weighted by atomic mass is 16.5. The molecule has 0 aliphatic rings. The average Bonchev–Trinajstić information content (AvgIpc) is 2.29. The molecule has 0 radical (unpaired) electrons. The second-order valence-corrected chi connectivity index (χ2v) is 3.37. The van der Waals surface area contributed by atoms with Crippen LogP contribution in [0.5, 0.6) is 0 Å². The van der Waals surface area contributed by atoms with E-state index in [1.54, 1.807) is 14.2 Å². The molecule has 1 heterocycles. The number of anilines is 1. The molecule has 0 spiro atoms. The summed E-state index contributed by atoms with van der Waals surface area (Å²) in [6.45, 7) is 2.32. The van der Waals surface area contributed by atoms with E-state index in [0.717, 1.165) is 0 Å². The Kier molecular flexibility index (Phi) is 4.65. The van der Waals surface area contributed by atoms with Crippen LogP contribution in [0.15, 0.2) is 12.4 Å². The van der Waals surface area contributed by atoms with Gasteiger partial charge in [0.1, 0.15) is 11.5 Å². The zero-order valence-electron chi connectivity index (χ0n) is 9.65. The van der Waals surface area contributed by atoms with Gasteiger partial charge in [-0.3, -0.25) is 4.79 Å². The molecule has 1 aromatic rings. The number of nitrogens with zero attached hydrogens (tertiary/aromatic N) is 2. The Labute approximate surface area is 94.4 Å². The van der Waals surface area contributed by atoms with E-state index >= 15 is 0 Å². The SMILES string of the molecule is CNc1cnc(C(=O)NC(C)COC)cn1. The van der Waals surface area contributed by atoms with Gasteiger partial charge in [-0.15, -0.1) is 0 Å². The third-order valence-electron chi connectivity index (χ3n) is 1.93. The van der Waals surface area contributed by atoms with Crippen molar-refractivity contribution < 1.29 is 9.53 Å². The summed E-state index contributed by atoms with van der Waals surface area (Å²) in [4.78, 5) is 19.6. The smallest absolute Gasteiger partial charge is 0.271 e. The van der Waals surface area contributed by atoms with E-state index in [1.807, 2.05) is 6.92 Å². The molecule has 0 saturated carbocycles. The molecule has 0 aromatic carbocycles. The van der Waals surface area contributed by atoms with Gasteiger partial charge in [-0.05, 0) is 6.92 Å². The quantitative estimate of drug-likeness (QED) is 0.751. The van der Waals surface area contributed by atoms with E-state index < -0.39 is 0 Å². The third-order valence-corrected chi connectivity index (χ3v) is 1.93. The van der Waals surface area contributed by atoms with Crippen LogP contribution in [0.4, 0.5) is 5.82 Å². The number of nitrogens with one attached hydrogen (secondary N) is 2. The fourth-order valence-electron chi connectivity index (χ4n) is 1.16. The lowest BCUT2D eigenvalue weighted by atomic mass is 10.3. The van der Waals surface area contributed by atoms with Crippen LogP contribution in [0, 0.1) is 0 Å². The van der Waals surface area contributed by atoms with Gasteiger partial charge in [0.25, 0.3) is 5.91 Å². The number of amides is 1. The van der Waals surface area contributed by atoms with Gasteiger partial charge in [-0.1, -0.05) is 0 Å². The summed E-state index contributed by atoms with van der Waals surface area (Å²) in [6.07, 6.45) is 2.94. The number of methoxy groups -OCH3 is 1. The molecule has 1 unspecified atom stereocenters. The van der Waals surface area contributed by atoms with Crippen molar-refractivity contribution >= 4 is 11.7 Å². The average molecular weight is 224 g/mol. The predicted octanol–water partition coefficient (Wildman–Crippen LogP) is 0.283. The van der Waals surface area contributed by atoms with E-state index in [1.165, 1.54) is 12.4 Å². The zero-order valence-corrected chi connectivity index (χ0v) is 9.65. The first-order valence-corrected chi connectivity index (χ1v) is 4.97. The van der Waals surface area contributed by atoms with Crippen LogP contribution in [0.2, 0.25) is 0 Å². The van der Waals surface area contributed by atoms with Gasteiger partial charge in [0.05, 0.1) is 19.0 Å². The fraction of sp³-hybridized carbons (Fsp3) is 0.500. The summed E-state index contributed by atoms with van der Waals surface area (Å²) in [6, 6.07) is -0.0525. The molecule has 0 fully saturated rings. The normalized spacial score (nSPS) is 11.9. The minimum absolute atomic E-state index is 0.0525. The molecule has 1 aromatic heterocycles. The summed E-state index contributed by atoms with van der Waals surface area (Å²) in [7, 11) is 3.33. The standard InChI is InChI=1S/C10H16N4O2/c1-7(6-16-3)14-10(15)8-4-13-9(11-2)5-12-8/h4-5,7H,6H2,1-3H3,(H,11,13)(H,14,15). The molecule has 0 saturated heterocycles. The number of ether oxygens (including phenoxy) is 1. The molecule has 1 amide bonds. The Morgan fingerprint density at radius 3 is 2.75 bits per heavy atom. The van der Waals surface area contributed by atoms with Crippen molar-refractivity contribution in [1.82, 2.24) is 15.3 Å². The van der Waals surface area contributed by atoms with Crippen LogP contribution in [-0.2, 0) is 4.74 Å². The van der Waals surface area contributed by atoms with Crippen molar-refractivity contribution in [3.8, 4) is 0 Å². The summed E-state index contributed by atoms with van der Waals surface area (Å²) < 4.78 is 4.92. The molecule has 1 rings (SSSR count). The van der Waals surface area contributed by atoms with Gasteiger partial charge >= 0.3 is 0 Å². The van der Waals surface area contributed by atoms with Crippen LogP contribution >= 0.6 is 0 Å². The molecule has 0 bridgehead atoms. The number of hydrogen-bond donors (Lipinski definition) is 2. The minimum Gasteiger partial charge on any atom is -0.383 e. The van der Waals surface area contributed by atoms with Gasteiger partial charge in [-0.2, -0.15) is 0 Å². The first kappa shape index (κ1) is 12.4. The summed E-state index contributed by atoms with van der Waals surface area (Å²) >= 11 is 0. The Morgan fingerprint density at radius 1 is 1.50 bits per heavy atom. The van der Waals surface area contributed by atoms with Gasteiger partial charge in [0.15, 0.2) is 0 Å². The highest BCUT2D eigenvalue weighted by Gasteiger charge is 2.10. The van der Waals surface area contributed by atoms with E-state index in [0.29, 0.717) is 18.1 Å². The molecule has 0 aliphatic heterocycles. The van der Waals surface area contributed by atoms with Crippen molar-refractivity contribution in [1.29, 1.82) is 0 Å². The first-order valence-electron chi connectivity index (χ1n) is 4.97. The van der Waals surface area contributed by atoms with E-state index in [4.69, 9.17) is 4.74 Å². The molecule has 6 heteroatoms. The van der Waals surface area contributed by atoms with E-state index in [2.05, 4.69) is 20.6 Å². The third kappa shape index (κ3) is 3.47. The molecule has 88 valence electrons. The number of aromatic nitrogens is 2. The highest BCUT2D eigenvalue weighted by Crippen LogP contribution is 1.99. The number of carbonyl (C=O) groups excluding carboxylic acids is 1. The van der Waals surface area contributed by atoms with Crippen molar-refractivity contribution in [3.63, 3.8) is 0 Å². The Bertz CT molecular complexity index is 339. The highest BCUT2D eigenvalue weighted by molar-refractivity contribution is 5.92. The lowest BCUT2D eigenvalue weighted by Gasteiger charge is -2.11. The summed E-state index contributed by atoms with van der Waals surface area (Å²) in [5.74, 6) is 0.376. The van der Waals surface area contributed by atoms with Crippen molar-refractivity contribution in [2.45, 2.75) is 13.0 Å². The monoisotopic (exact) mass is 224 g/mol. The molecule has 1 atom stereocenters. The van der Waals surface area contributed by atoms with Gasteiger partial charge < -0.3 is 15.4 Å². The van der Waals surface area contributed by atoms with Crippen LogP contribution in [0.25, 0.3) is 0 Å².